The number of benzene rings is 2. The largest absolute Gasteiger partial charge is 0.332 e. The molecule has 0 spiro atoms. The number of amides is 1. The smallest absolute Gasteiger partial charge is 0.273 e. The van der Waals surface area contributed by atoms with Crippen LogP contribution in [0.15, 0.2) is 64.4 Å². The second kappa shape index (κ2) is 6.44. The Morgan fingerprint density at radius 1 is 0.870 bits per heavy atom. The molecule has 0 bridgehead atoms. The molecule has 1 amide bonds. The number of sulfonamides is 1. The molecule has 0 heterocycles. The minimum absolute atomic E-state index is 0.218. The van der Waals surface area contributed by atoms with Crippen molar-refractivity contribution < 1.29 is 25.5 Å². The van der Waals surface area contributed by atoms with E-state index in [4.69, 9.17) is 0 Å². The Balaban J connectivity index is 2.18. The number of hydrogen-bond acceptors (Lipinski definition) is 5. The fourth-order valence-corrected chi connectivity index (χ4v) is 3.10. The summed E-state index contributed by atoms with van der Waals surface area (Å²) >= 11 is 0. The van der Waals surface area contributed by atoms with E-state index in [1.165, 1.54) is 12.1 Å². The van der Waals surface area contributed by atoms with Crippen molar-refractivity contribution in [3.8, 4) is 0 Å². The van der Waals surface area contributed by atoms with E-state index in [2.05, 4.69) is 0 Å². The van der Waals surface area contributed by atoms with E-state index in [9.17, 15) is 25.5 Å². The summed E-state index contributed by atoms with van der Waals surface area (Å²) in [6, 6.07) is 11.5. The van der Waals surface area contributed by atoms with Gasteiger partial charge in [0.05, 0.1) is 9.79 Å². The Morgan fingerprint density at radius 2 is 1.48 bits per heavy atom. The third-order valence-electron chi connectivity index (χ3n) is 2.73. The molecule has 0 atom stereocenters. The van der Waals surface area contributed by atoms with E-state index in [-0.39, 0.29) is 5.56 Å². The van der Waals surface area contributed by atoms with Crippen molar-refractivity contribution in [3.05, 3.63) is 60.2 Å². The molecule has 2 rings (SSSR count). The second-order valence-electron chi connectivity index (χ2n) is 4.34. The van der Waals surface area contributed by atoms with Gasteiger partial charge < -0.3 is 0 Å². The van der Waals surface area contributed by atoms with Crippen molar-refractivity contribution in [2.24, 2.45) is 0 Å². The molecule has 0 saturated carbocycles. The Morgan fingerprint density at radius 3 is 2.09 bits per heavy atom. The molecule has 0 aliphatic rings. The van der Waals surface area contributed by atoms with Gasteiger partial charge in [-0.15, -0.1) is 8.72 Å². The van der Waals surface area contributed by atoms with Gasteiger partial charge >= 0.3 is 10.2 Å². The molecule has 2 aromatic rings. The third-order valence-corrected chi connectivity index (χ3v) is 4.79. The summed E-state index contributed by atoms with van der Waals surface area (Å²) in [5.41, 5.74) is 2.19. The van der Waals surface area contributed by atoms with Gasteiger partial charge in [0.1, 0.15) is 0 Å². The summed E-state index contributed by atoms with van der Waals surface area (Å²) in [6.45, 7) is 0. The highest BCUT2D eigenvalue weighted by Crippen LogP contribution is 2.17. The van der Waals surface area contributed by atoms with Crippen LogP contribution in [0.2, 0.25) is 0 Å². The Labute approximate surface area is 132 Å². The molecule has 0 aliphatic carbocycles. The van der Waals surface area contributed by atoms with Crippen LogP contribution >= 0.6 is 0 Å². The maximum atomic E-state index is 12.9. The van der Waals surface area contributed by atoms with Crippen molar-refractivity contribution in [2.75, 3.05) is 0 Å². The van der Waals surface area contributed by atoms with Gasteiger partial charge in [0.15, 0.2) is 0 Å². The lowest BCUT2D eigenvalue weighted by atomic mass is 10.2. The Kier molecular flexibility index (Phi) is 4.78. The van der Waals surface area contributed by atoms with Crippen LogP contribution < -0.4 is 10.3 Å². The van der Waals surface area contributed by atoms with Crippen LogP contribution in [0.4, 0.5) is 3.89 Å². The lowest BCUT2D eigenvalue weighted by Crippen LogP contribution is -2.41. The number of nitrogens with one attached hydrogen (secondary N) is 2. The number of hydrogen-bond donors (Lipinski definition) is 2. The average molecular weight is 358 g/mol. The summed E-state index contributed by atoms with van der Waals surface area (Å²) in [7, 11) is -9.30. The van der Waals surface area contributed by atoms with E-state index >= 15 is 0 Å². The van der Waals surface area contributed by atoms with Crippen LogP contribution in [-0.2, 0) is 20.2 Å². The van der Waals surface area contributed by atoms with Crippen LogP contribution in [0.1, 0.15) is 10.4 Å². The first-order valence-corrected chi connectivity index (χ1v) is 8.99. The maximum absolute atomic E-state index is 12.9. The summed E-state index contributed by atoms with van der Waals surface area (Å²) in [6.07, 6.45) is 0. The van der Waals surface area contributed by atoms with Gasteiger partial charge in [-0.3, -0.25) is 10.2 Å². The first-order valence-electron chi connectivity index (χ1n) is 6.12. The predicted octanol–water partition coefficient (Wildman–Crippen LogP) is 0.968. The lowest BCUT2D eigenvalue weighted by Gasteiger charge is -2.09. The van der Waals surface area contributed by atoms with E-state index in [0.29, 0.717) is 6.07 Å². The minimum atomic E-state index is -5.04. The van der Waals surface area contributed by atoms with Crippen LogP contribution in [0, 0.1) is 0 Å². The molecule has 2 aromatic carbocycles. The number of carbonyl (C=O) groups excluding carboxylic acids is 1. The lowest BCUT2D eigenvalue weighted by molar-refractivity contribution is 0.0945. The van der Waals surface area contributed by atoms with Gasteiger partial charge in [-0.2, -0.15) is 8.42 Å². The normalized spacial score (nSPS) is 11.9. The molecular weight excluding hydrogens is 347 g/mol. The van der Waals surface area contributed by atoms with Crippen molar-refractivity contribution in [2.45, 2.75) is 9.79 Å². The molecule has 2 N–H and O–H groups in total. The van der Waals surface area contributed by atoms with Crippen molar-refractivity contribution in [1.82, 2.24) is 10.3 Å². The Bertz CT molecular complexity index is 928. The van der Waals surface area contributed by atoms with Gasteiger partial charge in [0.2, 0.25) is 0 Å². The standard InChI is InChI=1S/C13H11FN2O5S2/c14-22(18,19)11-7-4-8-12(9-11)23(20,21)16-15-13(17)10-5-2-1-3-6-10/h1-9,16H,(H,15,17). The molecular formula is C13H11FN2O5S2. The SMILES string of the molecule is O=C(NNS(=O)(=O)c1cccc(S(=O)(=O)F)c1)c1ccccc1. The Hall–Kier alpha value is -2.30. The monoisotopic (exact) mass is 358 g/mol. The highest BCUT2D eigenvalue weighted by Gasteiger charge is 2.19. The number of rotatable bonds is 5. The van der Waals surface area contributed by atoms with Crippen molar-refractivity contribution in [3.63, 3.8) is 0 Å². The molecule has 0 aromatic heterocycles. The molecule has 0 unspecified atom stereocenters. The third kappa shape index (κ3) is 4.34. The highest BCUT2D eigenvalue weighted by molar-refractivity contribution is 7.89. The zero-order valence-electron chi connectivity index (χ0n) is 11.4. The molecule has 0 radical (unpaired) electrons. The minimum Gasteiger partial charge on any atom is -0.273 e. The van der Waals surface area contributed by atoms with Crippen LogP contribution in [0.5, 0.6) is 0 Å². The van der Waals surface area contributed by atoms with Gasteiger partial charge in [-0.05, 0) is 30.3 Å². The fraction of sp³-hybridized carbons (Fsp3) is 0. The first-order chi connectivity index (χ1) is 10.7. The van der Waals surface area contributed by atoms with Crippen molar-refractivity contribution >= 4 is 26.2 Å². The molecule has 10 heteroatoms. The van der Waals surface area contributed by atoms with Crippen LogP contribution in [-0.4, -0.2) is 22.7 Å². The van der Waals surface area contributed by atoms with E-state index in [1.807, 2.05) is 10.3 Å². The quantitative estimate of drug-likeness (QED) is 0.611. The van der Waals surface area contributed by atoms with Gasteiger partial charge in [0, 0.05) is 5.56 Å². The number of hydrazine groups is 1. The molecule has 0 saturated heterocycles. The topological polar surface area (TPSA) is 109 Å². The fourth-order valence-electron chi connectivity index (χ4n) is 1.63. The van der Waals surface area contributed by atoms with Crippen molar-refractivity contribution in [1.29, 1.82) is 0 Å². The molecule has 7 nitrogen and oxygen atoms in total. The summed E-state index contributed by atoms with van der Waals surface area (Å²) in [5, 5.41) is 0. The molecule has 23 heavy (non-hydrogen) atoms. The molecule has 0 fully saturated rings. The predicted molar refractivity (Wildman–Crippen MR) is 79.0 cm³/mol. The highest BCUT2D eigenvalue weighted by atomic mass is 32.3. The summed E-state index contributed by atoms with van der Waals surface area (Å²) in [5.74, 6) is -0.705. The van der Waals surface area contributed by atoms with Gasteiger partial charge in [-0.1, -0.05) is 24.3 Å². The molecule has 122 valence electrons. The van der Waals surface area contributed by atoms with E-state index < -0.39 is 35.9 Å². The first kappa shape index (κ1) is 17.1. The molecule has 0 aliphatic heterocycles. The number of carbonyl (C=O) groups is 1. The summed E-state index contributed by atoms with van der Waals surface area (Å²) < 4.78 is 58.5. The van der Waals surface area contributed by atoms with Gasteiger partial charge in [-0.25, -0.2) is 8.42 Å². The maximum Gasteiger partial charge on any atom is 0.332 e. The van der Waals surface area contributed by atoms with Crippen LogP contribution in [0.25, 0.3) is 0 Å². The number of halogens is 1. The van der Waals surface area contributed by atoms with E-state index in [1.54, 1.807) is 18.2 Å². The second-order valence-corrected chi connectivity index (χ2v) is 7.37. The van der Waals surface area contributed by atoms with Gasteiger partial charge in [0.25, 0.3) is 15.9 Å². The average Bonchev–Trinajstić information content (AvgIpc) is 2.53. The van der Waals surface area contributed by atoms with Crippen LogP contribution in [0.3, 0.4) is 0 Å². The zero-order valence-corrected chi connectivity index (χ0v) is 13.1. The zero-order chi connectivity index (χ0) is 17.1. The van der Waals surface area contributed by atoms with E-state index in [0.717, 1.165) is 18.2 Å². The summed E-state index contributed by atoms with van der Waals surface area (Å²) in [4.78, 5) is 12.3.